The summed E-state index contributed by atoms with van der Waals surface area (Å²) in [5, 5.41) is 0. The van der Waals surface area contributed by atoms with Crippen LogP contribution in [0.3, 0.4) is 0 Å². The summed E-state index contributed by atoms with van der Waals surface area (Å²) in [4.78, 5) is 11.5. The summed E-state index contributed by atoms with van der Waals surface area (Å²) < 4.78 is 12.3. The fraction of sp³-hybridized carbons (Fsp3) is 0.364. The Morgan fingerprint density at radius 2 is 1.61 bits per heavy atom. The van der Waals surface area contributed by atoms with Crippen LogP contribution >= 0.6 is 0 Å². The molecule has 2 heterocycles. The van der Waals surface area contributed by atoms with E-state index in [0.29, 0.717) is 0 Å². The lowest BCUT2D eigenvalue weighted by molar-refractivity contribution is 0.00578. The molecule has 5 nitrogen and oxygen atoms in total. The van der Waals surface area contributed by atoms with E-state index in [1.54, 1.807) is 0 Å². The van der Waals surface area contributed by atoms with Gasteiger partial charge in [0.05, 0.1) is 28.4 Å². The molecule has 0 atom stereocenters. The minimum atomic E-state index is -0.392. The van der Waals surface area contributed by atoms with E-state index in [4.69, 9.17) is 14.3 Å². The molecule has 0 amide bonds. The molecule has 0 unspecified atom stereocenters. The molecule has 1 aliphatic rings. The van der Waals surface area contributed by atoms with Gasteiger partial charge in [-0.05, 0) is 50.9 Å². The summed E-state index contributed by atoms with van der Waals surface area (Å²) in [7, 11) is 1.64. The first-order valence-corrected chi connectivity index (χ1v) is 9.63. The van der Waals surface area contributed by atoms with Crippen molar-refractivity contribution in [2.45, 2.75) is 45.4 Å². The van der Waals surface area contributed by atoms with Crippen LogP contribution in [0.25, 0.3) is 11.0 Å². The van der Waals surface area contributed by atoms with E-state index in [1.807, 2.05) is 49.6 Å². The lowest BCUT2D eigenvalue weighted by atomic mass is 9.79. The smallest absolute Gasteiger partial charge is 0.399 e. The number of nitrogens with zero attached hydrogens (tertiary/aromatic N) is 3. The van der Waals surface area contributed by atoms with Gasteiger partial charge < -0.3 is 14.2 Å². The maximum Gasteiger partial charge on any atom is 0.494 e. The molecule has 0 N–H and O–H groups in total. The van der Waals surface area contributed by atoms with E-state index >= 15 is 0 Å². The van der Waals surface area contributed by atoms with E-state index in [2.05, 4.69) is 49.7 Å². The molecule has 4 rings (SSSR count). The highest BCUT2D eigenvalue weighted by atomic mass is 16.7. The molecule has 1 saturated heterocycles. The molecule has 0 aliphatic carbocycles. The largest absolute Gasteiger partial charge is 0.494 e. The van der Waals surface area contributed by atoms with Crippen molar-refractivity contribution in [2.24, 2.45) is 0 Å². The zero-order valence-corrected chi connectivity index (χ0v) is 17.1. The number of hydrogen-bond acceptors (Lipinski definition) is 5. The number of fused-ring (bicyclic) bond motifs is 1. The first kappa shape index (κ1) is 18.9. The van der Waals surface area contributed by atoms with E-state index in [9.17, 15) is 0 Å². The Labute approximate surface area is 166 Å². The average molecular weight is 375 g/mol. The maximum absolute atomic E-state index is 6.15. The molecule has 0 spiro atoms. The topological polar surface area (TPSA) is 47.5 Å². The number of rotatable bonds is 4. The van der Waals surface area contributed by atoms with Gasteiger partial charge >= 0.3 is 7.12 Å². The minimum Gasteiger partial charge on any atom is -0.399 e. The lowest BCUT2D eigenvalue weighted by Gasteiger charge is -2.32. The molecule has 2 aromatic carbocycles. The van der Waals surface area contributed by atoms with Gasteiger partial charge in [0.1, 0.15) is 5.82 Å². The number of aromatic nitrogens is 2. The monoisotopic (exact) mass is 375 g/mol. The summed E-state index contributed by atoms with van der Waals surface area (Å²) in [6.07, 6.45) is 1.82. The van der Waals surface area contributed by atoms with Gasteiger partial charge in [0.15, 0.2) is 0 Å². The highest BCUT2D eigenvalue weighted by Crippen LogP contribution is 2.36. The van der Waals surface area contributed by atoms with Crippen molar-refractivity contribution in [1.82, 2.24) is 9.97 Å². The van der Waals surface area contributed by atoms with Gasteiger partial charge in [0.2, 0.25) is 0 Å². The third-order valence-electron chi connectivity index (χ3n) is 5.73. The summed E-state index contributed by atoms with van der Waals surface area (Å²) >= 11 is 0. The maximum atomic E-state index is 6.15. The fourth-order valence-electron chi connectivity index (χ4n) is 3.27. The SMILES string of the molecule is CN(Cc1ccccc1)c1cnc2cc(B3OC(C)(C)C(C)(C)O3)ccc2n1. The molecule has 0 saturated carbocycles. The minimum absolute atomic E-state index is 0.359. The average Bonchev–Trinajstić information content (AvgIpc) is 2.89. The molecule has 0 radical (unpaired) electrons. The zero-order valence-electron chi connectivity index (χ0n) is 17.1. The van der Waals surface area contributed by atoms with Crippen molar-refractivity contribution in [1.29, 1.82) is 0 Å². The highest BCUT2D eigenvalue weighted by molar-refractivity contribution is 6.62. The van der Waals surface area contributed by atoms with E-state index < -0.39 is 7.12 Å². The van der Waals surface area contributed by atoms with Crippen molar-refractivity contribution in [3.63, 3.8) is 0 Å². The molecule has 28 heavy (non-hydrogen) atoms. The Morgan fingerprint density at radius 1 is 0.929 bits per heavy atom. The summed E-state index contributed by atoms with van der Waals surface area (Å²) in [5.41, 5.74) is 3.18. The standard InChI is InChI=1S/C22H26BN3O2/c1-21(2)22(3,4)28-23(27-21)17-11-12-18-19(13-17)24-14-20(25-18)26(5)15-16-9-7-6-8-10-16/h6-14H,15H2,1-5H3. The molecule has 144 valence electrons. The van der Waals surface area contributed by atoms with E-state index in [1.165, 1.54) is 5.56 Å². The molecule has 1 aliphatic heterocycles. The molecule has 6 heteroatoms. The van der Waals surface area contributed by atoms with E-state index in [-0.39, 0.29) is 11.2 Å². The second kappa shape index (κ2) is 6.87. The van der Waals surface area contributed by atoms with Crippen LogP contribution in [0.5, 0.6) is 0 Å². The zero-order chi connectivity index (χ0) is 19.9. The van der Waals surface area contributed by atoms with Crippen LogP contribution in [-0.2, 0) is 15.9 Å². The van der Waals surface area contributed by atoms with E-state index in [0.717, 1.165) is 28.9 Å². The predicted molar refractivity (Wildman–Crippen MR) is 114 cm³/mol. The first-order valence-electron chi connectivity index (χ1n) is 9.63. The van der Waals surface area contributed by atoms with Crippen molar-refractivity contribution < 1.29 is 9.31 Å². The highest BCUT2D eigenvalue weighted by Gasteiger charge is 2.51. The second-order valence-corrected chi connectivity index (χ2v) is 8.41. The van der Waals surface area contributed by atoms with Crippen LogP contribution in [-0.4, -0.2) is 35.3 Å². The fourth-order valence-corrected chi connectivity index (χ4v) is 3.27. The molecular formula is C22H26BN3O2. The summed E-state index contributed by atoms with van der Waals surface area (Å²) in [5.74, 6) is 0.847. The molecule has 0 bridgehead atoms. The number of benzene rings is 2. The molecular weight excluding hydrogens is 349 g/mol. The number of anilines is 1. The molecule has 1 fully saturated rings. The summed E-state index contributed by atoms with van der Waals surface area (Å²) in [6, 6.07) is 16.4. The Hall–Kier alpha value is -2.44. The quantitative estimate of drug-likeness (QED) is 0.653. The van der Waals surface area contributed by atoms with Gasteiger partial charge in [-0.25, -0.2) is 4.98 Å². The summed E-state index contributed by atoms with van der Waals surface area (Å²) in [6.45, 7) is 9.02. The van der Waals surface area contributed by atoms with Crippen LogP contribution in [0.1, 0.15) is 33.3 Å². The van der Waals surface area contributed by atoms with Crippen LogP contribution in [0.4, 0.5) is 5.82 Å². The van der Waals surface area contributed by atoms with Crippen LogP contribution in [0, 0.1) is 0 Å². The normalized spacial score (nSPS) is 17.8. The Kier molecular flexibility index (Phi) is 4.64. The van der Waals surface area contributed by atoms with Crippen molar-refractivity contribution in [2.75, 3.05) is 11.9 Å². The second-order valence-electron chi connectivity index (χ2n) is 8.41. The van der Waals surface area contributed by atoms with Crippen molar-refractivity contribution in [3.8, 4) is 0 Å². The Balaban J connectivity index is 1.56. The lowest BCUT2D eigenvalue weighted by Crippen LogP contribution is -2.41. The van der Waals surface area contributed by atoms with Gasteiger partial charge in [-0.2, -0.15) is 0 Å². The third kappa shape index (κ3) is 3.50. The Morgan fingerprint density at radius 3 is 2.29 bits per heavy atom. The number of hydrogen-bond donors (Lipinski definition) is 0. The van der Waals surface area contributed by atoms with Gasteiger partial charge in [0, 0.05) is 13.6 Å². The van der Waals surface area contributed by atoms with Crippen LogP contribution in [0.15, 0.2) is 54.7 Å². The Bertz CT molecular complexity index is 975. The van der Waals surface area contributed by atoms with Crippen LogP contribution < -0.4 is 10.4 Å². The van der Waals surface area contributed by atoms with Gasteiger partial charge in [-0.3, -0.25) is 4.98 Å². The van der Waals surface area contributed by atoms with Crippen molar-refractivity contribution in [3.05, 3.63) is 60.3 Å². The first-order chi connectivity index (χ1) is 13.2. The van der Waals surface area contributed by atoms with Crippen molar-refractivity contribution >= 4 is 29.4 Å². The third-order valence-corrected chi connectivity index (χ3v) is 5.73. The van der Waals surface area contributed by atoms with Gasteiger partial charge in [-0.15, -0.1) is 0 Å². The molecule has 3 aromatic rings. The molecule has 1 aromatic heterocycles. The van der Waals surface area contributed by atoms with Gasteiger partial charge in [-0.1, -0.05) is 36.4 Å². The van der Waals surface area contributed by atoms with Crippen LogP contribution in [0.2, 0.25) is 0 Å². The predicted octanol–water partition coefficient (Wildman–Crippen LogP) is 3.57. The van der Waals surface area contributed by atoms with Gasteiger partial charge in [0.25, 0.3) is 0 Å².